The van der Waals surface area contributed by atoms with Crippen LogP contribution in [0.5, 0.6) is 0 Å². The van der Waals surface area contributed by atoms with E-state index < -0.39 is 0 Å². The van der Waals surface area contributed by atoms with Crippen LogP contribution < -0.4 is 10.6 Å². The van der Waals surface area contributed by atoms with Gasteiger partial charge in [-0.2, -0.15) is 0 Å². The van der Waals surface area contributed by atoms with E-state index in [0.29, 0.717) is 6.42 Å². The molecule has 4 heteroatoms. The molecule has 0 rings (SSSR count). The quantitative estimate of drug-likeness (QED) is 0.718. The average Bonchev–Trinajstić information content (AvgIpc) is 2.16. The Hall–Kier alpha value is -1.32. The first-order valence-corrected chi connectivity index (χ1v) is 5.55. The zero-order valence-corrected chi connectivity index (χ0v) is 11.0. The van der Waals surface area contributed by atoms with Gasteiger partial charge in [-0.25, -0.2) is 0 Å². The third-order valence-corrected chi connectivity index (χ3v) is 1.39. The van der Waals surface area contributed by atoms with E-state index in [-0.39, 0.29) is 23.9 Å². The van der Waals surface area contributed by atoms with Crippen LogP contribution in [0.15, 0.2) is 12.7 Å². The van der Waals surface area contributed by atoms with Crippen LogP contribution in [0.2, 0.25) is 0 Å². The summed E-state index contributed by atoms with van der Waals surface area (Å²) in [7, 11) is 0. The van der Waals surface area contributed by atoms with Gasteiger partial charge in [0.25, 0.3) is 0 Å². The van der Waals surface area contributed by atoms with E-state index in [1.54, 1.807) is 0 Å². The summed E-state index contributed by atoms with van der Waals surface area (Å²) in [5, 5.41) is 5.39. The van der Waals surface area contributed by atoms with Crippen LogP contribution in [0, 0.1) is 0 Å². The zero-order chi connectivity index (χ0) is 13.1. The van der Waals surface area contributed by atoms with Gasteiger partial charge in [-0.05, 0) is 33.8 Å². The first-order valence-electron chi connectivity index (χ1n) is 5.55. The van der Waals surface area contributed by atoms with Crippen LogP contribution in [0.3, 0.4) is 0 Å². The van der Waals surface area contributed by atoms with Crippen molar-refractivity contribution in [1.29, 1.82) is 0 Å². The minimum atomic E-state index is -0.111. The third kappa shape index (κ3) is 15.2. The van der Waals surface area contributed by atoms with Crippen molar-refractivity contribution in [2.24, 2.45) is 0 Å². The Labute approximate surface area is 98.5 Å². The maximum atomic E-state index is 10.5. The molecule has 0 fully saturated rings. The summed E-state index contributed by atoms with van der Waals surface area (Å²) >= 11 is 0. The Bertz CT molecular complexity index is 223. The predicted octanol–water partition coefficient (Wildman–Crippen LogP) is 1.62. The van der Waals surface area contributed by atoms with E-state index in [1.165, 1.54) is 6.08 Å². The zero-order valence-electron chi connectivity index (χ0n) is 11.0. The Morgan fingerprint density at radius 1 is 1.12 bits per heavy atom. The van der Waals surface area contributed by atoms with Crippen molar-refractivity contribution < 1.29 is 9.59 Å². The molecule has 0 aliphatic carbocycles. The number of carbonyl (C=O) groups is 2. The van der Waals surface area contributed by atoms with E-state index in [9.17, 15) is 9.59 Å². The molecule has 0 atom stereocenters. The van der Waals surface area contributed by atoms with Gasteiger partial charge in [0.1, 0.15) is 0 Å². The molecule has 0 spiro atoms. The maximum Gasteiger partial charge on any atom is 0.243 e. The smallest absolute Gasteiger partial charge is 0.243 e. The maximum absolute atomic E-state index is 10.5. The highest BCUT2D eigenvalue weighted by Crippen LogP contribution is 1.79. The third-order valence-electron chi connectivity index (χ3n) is 1.39. The van der Waals surface area contributed by atoms with Gasteiger partial charge < -0.3 is 10.6 Å². The summed E-state index contributed by atoms with van der Waals surface area (Å²) in [6, 6.07) is 0.489. The highest BCUT2D eigenvalue weighted by molar-refractivity contribution is 5.86. The second-order valence-electron chi connectivity index (χ2n) is 3.94. The van der Waals surface area contributed by atoms with Gasteiger partial charge in [0.05, 0.1) is 0 Å². The molecule has 0 aliphatic rings. The molecule has 2 N–H and O–H groups in total. The van der Waals surface area contributed by atoms with Gasteiger partial charge in [0.2, 0.25) is 11.8 Å². The molecule has 4 nitrogen and oxygen atoms in total. The van der Waals surface area contributed by atoms with Crippen LogP contribution >= 0.6 is 0 Å². The van der Waals surface area contributed by atoms with Crippen molar-refractivity contribution in [2.75, 3.05) is 0 Å². The number of rotatable bonds is 4. The van der Waals surface area contributed by atoms with Crippen LogP contribution in [0.4, 0.5) is 0 Å². The fourth-order valence-electron chi connectivity index (χ4n) is 0.767. The second-order valence-corrected chi connectivity index (χ2v) is 3.94. The van der Waals surface area contributed by atoms with Gasteiger partial charge in [0.15, 0.2) is 0 Å². The predicted molar refractivity (Wildman–Crippen MR) is 67.0 cm³/mol. The highest BCUT2D eigenvalue weighted by Gasteiger charge is 1.96. The van der Waals surface area contributed by atoms with E-state index in [4.69, 9.17) is 0 Å². The lowest BCUT2D eigenvalue weighted by Crippen LogP contribution is -2.29. The number of carbonyl (C=O) groups excluding carboxylic acids is 2. The summed E-state index contributed by atoms with van der Waals surface area (Å²) in [5.41, 5.74) is 0. The minimum Gasteiger partial charge on any atom is -0.354 e. The molecule has 16 heavy (non-hydrogen) atoms. The fraction of sp³-hybridized carbons (Fsp3) is 0.667. The monoisotopic (exact) mass is 228 g/mol. The van der Waals surface area contributed by atoms with Crippen molar-refractivity contribution in [3.05, 3.63) is 12.7 Å². The number of hydrogen-bond acceptors (Lipinski definition) is 2. The van der Waals surface area contributed by atoms with E-state index >= 15 is 0 Å². The standard InChI is InChI=1S/C6H13NO.C6H11NO/c2*1-4-6(8)7-5(2)3/h5H,4H2,1-3H3,(H,7,8);4-5H,1H2,2-3H3,(H,7,8). The largest absolute Gasteiger partial charge is 0.354 e. The first kappa shape index (κ1) is 17.1. The minimum absolute atomic E-state index is 0.111. The summed E-state index contributed by atoms with van der Waals surface area (Å²) in [5.74, 6) is 0.0139. The van der Waals surface area contributed by atoms with Crippen molar-refractivity contribution in [3.63, 3.8) is 0 Å². The van der Waals surface area contributed by atoms with Crippen molar-refractivity contribution in [2.45, 2.75) is 53.1 Å². The van der Waals surface area contributed by atoms with E-state index in [2.05, 4.69) is 17.2 Å². The summed E-state index contributed by atoms with van der Waals surface area (Å²) in [6.45, 7) is 12.9. The van der Waals surface area contributed by atoms with Gasteiger partial charge in [0, 0.05) is 18.5 Å². The summed E-state index contributed by atoms with van der Waals surface area (Å²) in [4.78, 5) is 20.9. The van der Waals surface area contributed by atoms with Crippen molar-refractivity contribution in [1.82, 2.24) is 10.6 Å². The molecule has 0 aromatic rings. The molecule has 0 heterocycles. The van der Waals surface area contributed by atoms with Crippen LogP contribution in [-0.4, -0.2) is 23.9 Å². The normalized spacial score (nSPS) is 9.19. The summed E-state index contributed by atoms with van der Waals surface area (Å²) in [6.07, 6.45) is 1.85. The van der Waals surface area contributed by atoms with Crippen LogP contribution in [0.1, 0.15) is 41.0 Å². The second kappa shape index (κ2) is 10.2. The van der Waals surface area contributed by atoms with E-state index in [0.717, 1.165) is 0 Å². The Balaban J connectivity index is 0. The van der Waals surface area contributed by atoms with Gasteiger partial charge in [-0.1, -0.05) is 13.5 Å². The fourth-order valence-corrected chi connectivity index (χ4v) is 0.767. The molecule has 0 aromatic carbocycles. The molecular weight excluding hydrogens is 204 g/mol. The SMILES string of the molecule is C=CC(=O)NC(C)C.CCC(=O)NC(C)C. The highest BCUT2D eigenvalue weighted by atomic mass is 16.2. The molecule has 0 bridgehead atoms. The Morgan fingerprint density at radius 3 is 1.69 bits per heavy atom. The summed E-state index contributed by atoms with van der Waals surface area (Å²) < 4.78 is 0. The van der Waals surface area contributed by atoms with Gasteiger partial charge in [-0.15, -0.1) is 0 Å². The van der Waals surface area contributed by atoms with E-state index in [1.807, 2.05) is 34.6 Å². The van der Waals surface area contributed by atoms with Gasteiger partial charge in [-0.3, -0.25) is 9.59 Å². The number of nitrogens with one attached hydrogen (secondary N) is 2. The molecular formula is C12H24N2O2. The molecule has 0 radical (unpaired) electrons. The first-order chi connectivity index (χ1) is 7.33. The number of amides is 2. The topological polar surface area (TPSA) is 58.2 Å². The molecule has 0 saturated heterocycles. The molecule has 0 unspecified atom stereocenters. The lowest BCUT2D eigenvalue weighted by molar-refractivity contribution is -0.121. The van der Waals surface area contributed by atoms with Gasteiger partial charge >= 0.3 is 0 Å². The Kier molecular flexibility index (Phi) is 10.9. The lowest BCUT2D eigenvalue weighted by Gasteiger charge is -2.04. The van der Waals surface area contributed by atoms with Crippen LogP contribution in [0.25, 0.3) is 0 Å². The Morgan fingerprint density at radius 2 is 1.56 bits per heavy atom. The van der Waals surface area contributed by atoms with Crippen molar-refractivity contribution >= 4 is 11.8 Å². The average molecular weight is 228 g/mol. The lowest BCUT2D eigenvalue weighted by atomic mass is 10.3. The molecule has 0 aromatic heterocycles. The van der Waals surface area contributed by atoms with Crippen molar-refractivity contribution in [3.8, 4) is 0 Å². The molecule has 0 aliphatic heterocycles. The van der Waals surface area contributed by atoms with Crippen LogP contribution in [-0.2, 0) is 9.59 Å². The molecule has 94 valence electrons. The number of hydrogen-bond donors (Lipinski definition) is 2. The molecule has 0 saturated carbocycles. The molecule has 2 amide bonds.